The van der Waals surface area contributed by atoms with E-state index >= 15 is 0 Å². The number of carbonyl (C=O) groups is 4. The minimum absolute atomic E-state index is 0.276. The van der Waals surface area contributed by atoms with Gasteiger partial charge in [-0.15, -0.1) is 0 Å². The highest BCUT2D eigenvalue weighted by molar-refractivity contribution is 6.10. The van der Waals surface area contributed by atoms with Gasteiger partial charge in [-0.05, 0) is 86.7 Å². The first-order valence-corrected chi connectivity index (χ1v) is 13.5. The molecule has 0 heterocycles. The molecule has 0 saturated heterocycles. The van der Waals surface area contributed by atoms with Crippen LogP contribution in [0.15, 0.2) is 60.7 Å². The van der Waals surface area contributed by atoms with Crippen molar-refractivity contribution in [3.63, 3.8) is 0 Å². The lowest BCUT2D eigenvalue weighted by Crippen LogP contribution is -2.56. The van der Waals surface area contributed by atoms with Crippen LogP contribution in [0.1, 0.15) is 57.4 Å². The Hall–Kier alpha value is -4.30. The van der Waals surface area contributed by atoms with Crippen LogP contribution in [0.5, 0.6) is 0 Å². The number of methoxy groups -OCH3 is 1. The van der Waals surface area contributed by atoms with E-state index in [1.54, 1.807) is 24.3 Å². The Balaban J connectivity index is 1.81. The summed E-state index contributed by atoms with van der Waals surface area (Å²) >= 11 is 0. The van der Waals surface area contributed by atoms with Gasteiger partial charge in [0.05, 0.1) is 24.2 Å². The Labute approximate surface area is 240 Å². The van der Waals surface area contributed by atoms with Gasteiger partial charge in [-0.2, -0.15) is 0 Å². The number of amides is 2. The number of ketones is 1. The van der Waals surface area contributed by atoms with Gasteiger partial charge in [-0.3, -0.25) is 14.4 Å². The number of hydrogen-bond donors (Lipinski definition) is 3. The number of rotatable bonds is 6. The summed E-state index contributed by atoms with van der Waals surface area (Å²) in [6.07, 6.45) is -0.375. The smallest absolute Gasteiger partial charge is 0.337 e. The van der Waals surface area contributed by atoms with Crippen LogP contribution in [0.4, 0.5) is 11.4 Å². The van der Waals surface area contributed by atoms with Crippen molar-refractivity contribution < 1.29 is 29.0 Å². The van der Waals surface area contributed by atoms with E-state index in [2.05, 4.69) is 10.6 Å². The third kappa shape index (κ3) is 5.93. The Bertz CT molecular complexity index is 1510. The molecule has 214 valence electrons. The van der Waals surface area contributed by atoms with Gasteiger partial charge < -0.3 is 20.5 Å². The Kier molecular flexibility index (Phi) is 8.44. The fourth-order valence-electron chi connectivity index (χ4n) is 5.65. The van der Waals surface area contributed by atoms with Gasteiger partial charge in [0.1, 0.15) is 11.7 Å². The zero-order chi connectivity index (χ0) is 30.1. The molecule has 0 bridgehead atoms. The lowest BCUT2D eigenvalue weighted by atomic mass is 9.61. The van der Waals surface area contributed by atoms with Gasteiger partial charge in [0, 0.05) is 23.7 Å². The molecular weight excluding hydrogens is 520 g/mol. The largest absolute Gasteiger partial charge is 0.465 e. The molecule has 8 heteroatoms. The number of nitrogens with one attached hydrogen (secondary N) is 2. The first-order valence-electron chi connectivity index (χ1n) is 13.5. The lowest BCUT2D eigenvalue weighted by Gasteiger charge is -2.44. The maximum atomic E-state index is 14.0. The topological polar surface area (TPSA) is 122 Å². The summed E-state index contributed by atoms with van der Waals surface area (Å²) < 4.78 is 4.80. The predicted molar refractivity (Wildman–Crippen MR) is 157 cm³/mol. The fraction of sp³-hybridized carbons (Fsp3) is 0.333. The number of hydrogen-bond acceptors (Lipinski definition) is 6. The van der Waals surface area contributed by atoms with Crippen molar-refractivity contribution in [2.24, 2.45) is 11.8 Å². The van der Waals surface area contributed by atoms with Crippen LogP contribution >= 0.6 is 0 Å². The number of aliphatic hydroxyl groups is 1. The summed E-state index contributed by atoms with van der Waals surface area (Å²) in [7, 11) is 1.27. The Morgan fingerprint density at radius 2 is 1.34 bits per heavy atom. The maximum absolute atomic E-state index is 14.0. The number of esters is 1. The number of carbonyl (C=O) groups excluding carboxylic acids is 4. The standard InChI is InChI=1S/C33H36N2O6/c1-18-9-7-11-24(20(18)3)34-30(37)28-26(36)17-33(5,40)29(31(38)35-25-12-8-10-19(2)21(25)4)27(28)22-13-15-23(16-14-22)32(39)41-6/h7-16,27-29,40H,17H2,1-6H3,(H,34,37)(H,35,38). The van der Waals surface area contributed by atoms with E-state index in [9.17, 15) is 24.3 Å². The third-order valence-electron chi connectivity index (χ3n) is 8.27. The molecule has 4 rings (SSSR count). The van der Waals surface area contributed by atoms with E-state index in [0.29, 0.717) is 16.9 Å². The van der Waals surface area contributed by atoms with Crippen LogP contribution in [0.25, 0.3) is 0 Å². The van der Waals surface area contributed by atoms with E-state index < -0.39 is 46.9 Å². The van der Waals surface area contributed by atoms with E-state index in [-0.39, 0.29) is 12.0 Å². The van der Waals surface area contributed by atoms with Crippen molar-refractivity contribution in [1.29, 1.82) is 0 Å². The molecule has 3 N–H and O–H groups in total. The van der Waals surface area contributed by atoms with Gasteiger partial charge in [-0.1, -0.05) is 36.4 Å². The number of benzene rings is 3. The van der Waals surface area contributed by atoms with E-state index in [1.165, 1.54) is 26.2 Å². The minimum atomic E-state index is -1.75. The predicted octanol–water partition coefficient (Wildman–Crippen LogP) is 5.02. The number of anilines is 2. The van der Waals surface area contributed by atoms with Gasteiger partial charge in [0.2, 0.25) is 11.8 Å². The van der Waals surface area contributed by atoms with Gasteiger partial charge >= 0.3 is 5.97 Å². The van der Waals surface area contributed by atoms with Crippen LogP contribution in [0, 0.1) is 39.5 Å². The molecule has 4 atom stereocenters. The van der Waals surface area contributed by atoms with Gasteiger partial charge in [0.15, 0.2) is 0 Å². The van der Waals surface area contributed by atoms with E-state index in [4.69, 9.17) is 4.74 Å². The summed E-state index contributed by atoms with van der Waals surface area (Å²) in [5.41, 5.74) is 3.83. The fourth-order valence-corrected chi connectivity index (χ4v) is 5.65. The molecule has 1 aliphatic carbocycles. The molecule has 0 aromatic heterocycles. The molecule has 3 aromatic rings. The van der Waals surface area contributed by atoms with Crippen molar-refractivity contribution >= 4 is 34.9 Å². The molecule has 1 aliphatic rings. The number of Topliss-reactive ketones (excluding diaryl/α,β-unsaturated/α-hetero) is 1. The summed E-state index contributed by atoms with van der Waals surface area (Å²) in [4.78, 5) is 53.5. The van der Waals surface area contributed by atoms with Crippen LogP contribution in [0.3, 0.4) is 0 Å². The van der Waals surface area contributed by atoms with Gasteiger partial charge in [-0.25, -0.2) is 4.79 Å². The second kappa shape index (κ2) is 11.7. The molecule has 0 radical (unpaired) electrons. The second-order valence-electron chi connectivity index (χ2n) is 11.1. The number of ether oxygens (including phenoxy) is 1. The third-order valence-corrected chi connectivity index (χ3v) is 8.27. The normalized spacial score (nSPS) is 22.1. The zero-order valence-electron chi connectivity index (χ0n) is 24.2. The van der Waals surface area contributed by atoms with Crippen molar-refractivity contribution in [1.82, 2.24) is 0 Å². The molecular formula is C33H36N2O6. The molecule has 0 aliphatic heterocycles. The molecule has 3 aromatic carbocycles. The Morgan fingerprint density at radius 3 is 1.85 bits per heavy atom. The van der Waals surface area contributed by atoms with Crippen molar-refractivity contribution in [2.75, 3.05) is 17.7 Å². The first-order chi connectivity index (χ1) is 19.4. The highest BCUT2D eigenvalue weighted by Crippen LogP contribution is 2.47. The monoisotopic (exact) mass is 556 g/mol. The molecule has 2 amide bonds. The van der Waals surface area contributed by atoms with Crippen molar-refractivity contribution in [2.45, 2.75) is 52.6 Å². The highest BCUT2D eigenvalue weighted by Gasteiger charge is 2.56. The van der Waals surface area contributed by atoms with Crippen LogP contribution in [-0.4, -0.2) is 41.4 Å². The molecule has 0 spiro atoms. The molecule has 8 nitrogen and oxygen atoms in total. The average molecular weight is 557 g/mol. The maximum Gasteiger partial charge on any atom is 0.337 e. The molecule has 41 heavy (non-hydrogen) atoms. The first kappa shape index (κ1) is 29.7. The lowest BCUT2D eigenvalue weighted by molar-refractivity contribution is -0.150. The van der Waals surface area contributed by atoms with Crippen molar-refractivity contribution in [3.8, 4) is 0 Å². The van der Waals surface area contributed by atoms with Crippen LogP contribution in [-0.2, 0) is 19.1 Å². The van der Waals surface area contributed by atoms with Crippen molar-refractivity contribution in [3.05, 3.63) is 94.0 Å². The Morgan fingerprint density at radius 1 is 0.829 bits per heavy atom. The van der Waals surface area contributed by atoms with Gasteiger partial charge in [0.25, 0.3) is 0 Å². The molecule has 1 saturated carbocycles. The molecule has 4 unspecified atom stereocenters. The van der Waals surface area contributed by atoms with E-state index in [1.807, 2.05) is 52.0 Å². The summed E-state index contributed by atoms with van der Waals surface area (Å²) in [6.45, 7) is 9.07. The van der Waals surface area contributed by atoms with Crippen LogP contribution in [0.2, 0.25) is 0 Å². The second-order valence-corrected chi connectivity index (χ2v) is 11.1. The number of aryl methyl sites for hydroxylation is 2. The quantitative estimate of drug-likeness (QED) is 0.289. The SMILES string of the molecule is COC(=O)c1ccc(C2C(C(=O)Nc3cccc(C)c3C)C(=O)CC(C)(O)C2C(=O)Nc2cccc(C)c2C)cc1. The van der Waals surface area contributed by atoms with E-state index in [0.717, 1.165) is 22.3 Å². The van der Waals surface area contributed by atoms with Crippen LogP contribution < -0.4 is 10.6 Å². The summed E-state index contributed by atoms with van der Waals surface area (Å²) in [5.74, 6) is -5.55. The summed E-state index contributed by atoms with van der Waals surface area (Å²) in [5, 5.41) is 17.4. The average Bonchev–Trinajstić information content (AvgIpc) is 2.92. The molecule has 1 fully saturated rings. The zero-order valence-corrected chi connectivity index (χ0v) is 24.2. The summed E-state index contributed by atoms with van der Waals surface area (Å²) in [6, 6.07) is 17.3. The highest BCUT2D eigenvalue weighted by atomic mass is 16.5. The minimum Gasteiger partial charge on any atom is -0.465 e.